The Morgan fingerprint density at radius 2 is 1.55 bits per heavy atom. The van der Waals surface area contributed by atoms with Crippen LogP contribution in [0, 0.1) is 0 Å². The molecule has 0 heterocycles. The van der Waals surface area contributed by atoms with Crippen LogP contribution < -0.4 is 0 Å². The molecule has 0 aliphatic carbocycles. The highest BCUT2D eigenvalue weighted by atomic mass is 16.4. The van der Waals surface area contributed by atoms with Gasteiger partial charge in [-0.1, -0.05) is 34.6 Å². The van der Waals surface area contributed by atoms with Crippen LogP contribution >= 0.6 is 0 Å². The molecule has 0 N–H and O–H groups in total. The lowest BCUT2D eigenvalue weighted by Crippen LogP contribution is -2.25. The predicted molar refractivity (Wildman–Crippen MR) is 52.2 cm³/mol. The zero-order valence-corrected chi connectivity index (χ0v) is 8.55. The van der Waals surface area contributed by atoms with Gasteiger partial charge in [-0.2, -0.15) is 0 Å². The van der Waals surface area contributed by atoms with Gasteiger partial charge >= 0.3 is 0 Å². The van der Waals surface area contributed by atoms with Crippen molar-refractivity contribution in [3.8, 4) is 0 Å². The van der Waals surface area contributed by atoms with Crippen LogP contribution in [0.5, 0.6) is 0 Å². The van der Waals surface area contributed by atoms with E-state index in [0.29, 0.717) is 18.6 Å². The van der Waals surface area contributed by atoms with Crippen molar-refractivity contribution < 1.29 is 4.65 Å². The van der Waals surface area contributed by atoms with Gasteiger partial charge in [0.1, 0.15) is 0 Å². The second kappa shape index (κ2) is 5.65. The summed E-state index contributed by atoms with van der Waals surface area (Å²) >= 11 is 0. The van der Waals surface area contributed by atoms with Crippen molar-refractivity contribution in [1.82, 2.24) is 0 Å². The largest absolute Gasteiger partial charge is 0.435 e. The van der Waals surface area contributed by atoms with Crippen molar-refractivity contribution in [2.45, 2.75) is 52.7 Å². The van der Waals surface area contributed by atoms with E-state index in [9.17, 15) is 0 Å². The number of hydrogen-bond acceptors (Lipinski definition) is 1. The molecule has 11 heavy (non-hydrogen) atoms. The third-order valence-electron chi connectivity index (χ3n) is 1.83. The van der Waals surface area contributed by atoms with Gasteiger partial charge in [0, 0.05) is 6.61 Å². The highest BCUT2D eigenvalue weighted by Gasteiger charge is 2.23. The molecule has 0 atom stereocenters. The summed E-state index contributed by atoms with van der Waals surface area (Å²) in [4.78, 5) is 0. The fraction of sp³-hybridized carbons (Fsp3) is 1.00. The monoisotopic (exact) mass is 156 g/mol. The second-order valence-corrected chi connectivity index (χ2v) is 3.82. The Morgan fingerprint density at radius 1 is 1.09 bits per heavy atom. The van der Waals surface area contributed by atoms with Gasteiger partial charge in [0.25, 0.3) is 6.92 Å². The molecular weight excluding hydrogens is 135 g/mol. The van der Waals surface area contributed by atoms with E-state index in [2.05, 4.69) is 34.6 Å². The lowest BCUT2D eigenvalue weighted by atomic mass is 9.49. The molecule has 0 bridgehead atoms. The van der Waals surface area contributed by atoms with Crippen molar-refractivity contribution in [2.75, 3.05) is 6.61 Å². The van der Waals surface area contributed by atoms with Crippen LogP contribution in [0.1, 0.15) is 41.0 Å². The Balaban J connectivity index is 3.70. The minimum absolute atomic E-state index is 0.440. The van der Waals surface area contributed by atoms with E-state index >= 15 is 0 Å². The maximum atomic E-state index is 5.71. The first-order valence-corrected chi connectivity index (χ1v) is 4.71. The second-order valence-electron chi connectivity index (χ2n) is 3.82. The van der Waals surface area contributed by atoms with Crippen molar-refractivity contribution >= 4 is 6.92 Å². The summed E-state index contributed by atoms with van der Waals surface area (Å²) in [7, 11) is 0. The smallest absolute Gasteiger partial charge is 0.298 e. The molecule has 66 valence electrons. The average Bonchev–Trinajstić information content (AvgIpc) is 1.87. The summed E-state index contributed by atoms with van der Waals surface area (Å²) in [5.41, 5.74) is 0. The van der Waals surface area contributed by atoms with Crippen molar-refractivity contribution in [3.63, 3.8) is 0 Å². The van der Waals surface area contributed by atoms with E-state index in [1.165, 1.54) is 0 Å². The van der Waals surface area contributed by atoms with Gasteiger partial charge in [0.2, 0.25) is 0 Å². The molecule has 0 saturated carbocycles. The SMILES string of the molecule is CCCOB(C(C)C)C(C)C. The topological polar surface area (TPSA) is 9.23 Å². The maximum absolute atomic E-state index is 5.71. The maximum Gasteiger partial charge on any atom is 0.298 e. The lowest BCUT2D eigenvalue weighted by Gasteiger charge is -2.20. The van der Waals surface area contributed by atoms with Gasteiger partial charge in [-0.25, -0.2) is 0 Å². The van der Waals surface area contributed by atoms with Crippen molar-refractivity contribution in [2.24, 2.45) is 0 Å². The first-order valence-electron chi connectivity index (χ1n) is 4.71. The minimum atomic E-state index is 0.440. The van der Waals surface area contributed by atoms with Crippen molar-refractivity contribution in [3.05, 3.63) is 0 Å². The first-order chi connectivity index (χ1) is 5.09. The van der Waals surface area contributed by atoms with E-state index in [1.807, 2.05) is 0 Å². The van der Waals surface area contributed by atoms with E-state index < -0.39 is 0 Å². The molecule has 0 fully saturated rings. The molecule has 0 amide bonds. The third-order valence-corrected chi connectivity index (χ3v) is 1.83. The van der Waals surface area contributed by atoms with Crippen molar-refractivity contribution in [1.29, 1.82) is 0 Å². The van der Waals surface area contributed by atoms with Gasteiger partial charge in [-0.3, -0.25) is 0 Å². The highest BCUT2D eigenvalue weighted by molar-refractivity contribution is 6.54. The van der Waals surface area contributed by atoms with Crippen LogP contribution in [0.15, 0.2) is 0 Å². The Labute approximate surface area is 71.6 Å². The molecule has 0 aromatic rings. The highest BCUT2D eigenvalue weighted by Crippen LogP contribution is 2.20. The fourth-order valence-corrected chi connectivity index (χ4v) is 1.41. The first kappa shape index (κ1) is 11.0. The zero-order valence-electron chi connectivity index (χ0n) is 8.55. The van der Waals surface area contributed by atoms with Crippen LogP contribution in [-0.4, -0.2) is 13.5 Å². The summed E-state index contributed by atoms with van der Waals surface area (Å²) in [5, 5.41) is 0. The van der Waals surface area contributed by atoms with E-state index in [1.54, 1.807) is 0 Å². The molecule has 0 aromatic heterocycles. The molecule has 0 radical (unpaired) electrons. The molecule has 0 spiro atoms. The molecule has 2 heteroatoms. The summed E-state index contributed by atoms with van der Waals surface area (Å²) < 4.78 is 5.71. The van der Waals surface area contributed by atoms with E-state index in [-0.39, 0.29) is 0 Å². The Morgan fingerprint density at radius 3 is 1.82 bits per heavy atom. The van der Waals surface area contributed by atoms with E-state index in [0.717, 1.165) is 13.0 Å². The average molecular weight is 156 g/mol. The van der Waals surface area contributed by atoms with Crippen LogP contribution in [0.3, 0.4) is 0 Å². The van der Waals surface area contributed by atoms with Crippen LogP contribution in [-0.2, 0) is 4.65 Å². The molecule has 0 saturated heterocycles. The zero-order chi connectivity index (χ0) is 8.85. The molecule has 0 rings (SSSR count). The van der Waals surface area contributed by atoms with Gasteiger partial charge in [-0.15, -0.1) is 0 Å². The Bertz CT molecular complexity index is 83.6. The van der Waals surface area contributed by atoms with E-state index in [4.69, 9.17) is 4.65 Å². The number of rotatable bonds is 5. The normalized spacial score (nSPS) is 11.2. The fourth-order valence-electron chi connectivity index (χ4n) is 1.41. The minimum Gasteiger partial charge on any atom is -0.435 e. The molecule has 1 nitrogen and oxygen atoms in total. The third kappa shape index (κ3) is 4.46. The van der Waals surface area contributed by atoms with Crippen LogP contribution in [0.4, 0.5) is 0 Å². The summed E-state index contributed by atoms with van der Waals surface area (Å²) in [6.07, 6.45) is 1.12. The summed E-state index contributed by atoms with van der Waals surface area (Å²) in [6, 6.07) is 0. The van der Waals surface area contributed by atoms with Gasteiger partial charge in [0.15, 0.2) is 0 Å². The lowest BCUT2D eigenvalue weighted by molar-refractivity contribution is 0.307. The molecule has 0 aliphatic rings. The molecule has 0 aromatic carbocycles. The summed E-state index contributed by atoms with van der Waals surface area (Å²) in [5.74, 6) is 1.28. The van der Waals surface area contributed by atoms with Crippen LogP contribution in [0.25, 0.3) is 0 Å². The summed E-state index contributed by atoms with van der Waals surface area (Å²) in [6.45, 7) is 12.4. The Hall–Kier alpha value is 0.0249. The molecular formula is C9H21BO. The standard InChI is InChI=1S/C9H21BO/c1-6-7-11-10(8(2)3)9(4)5/h8-9H,6-7H2,1-5H3. The number of hydrogen-bond donors (Lipinski definition) is 0. The van der Waals surface area contributed by atoms with Gasteiger partial charge in [-0.05, 0) is 18.1 Å². The van der Waals surface area contributed by atoms with Gasteiger partial charge < -0.3 is 4.65 Å². The predicted octanol–water partition coefficient (Wildman–Crippen LogP) is 3.22. The quantitative estimate of drug-likeness (QED) is 0.555. The molecule has 0 aliphatic heterocycles. The van der Waals surface area contributed by atoms with Gasteiger partial charge in [0.05, 0.1) is 0 Å². The molecule has 0 unspecified atom stereocenters. The Kier molecular flexibility index (Phi) is 5.66. The van der Waals surface area contributed by atoms with Crippen LogP contribution in [0.2, 0.25) is 11.6 Å².